The van der Waals surface area contributed by atoms with E-state index in [1.165, 1.54) is 36.4 Å². The van der Waals surface area contributed by atoms with Crippen molar-refractivity contribution in [2.45, 2.75) is 30.6 Å². The number of fused-ring (bicyclic) bond motifs is 1. The third kappa shape index (κ3) is 6.55. The molecule has 0 bridgehead atoms. The molecule has 2 N–H and O–H groups in total. The Kier molecular flexibility index (Phi) is 8.25. The number of carbonyl (C=O) groups is 1. The van der Waals surface area contributed by atoms with Gasteiger partial charge in [-0.05, 0) is 80.3 Å². The number of sulfonamides is 2. The SMILES string of the molecule is Cc1ccc(S(=O)(=O)N(CC(=O)Nc2ccc(S(=O)(=O)Nc3cccc4ccccc34)cc2)c2ccc(C)cc2C)cc1. The van der Waals surface area contributed by atoms with Gasteiger partial charge in [-0.25, -0.2) is 16.8 Å². The summed E-state index contributed by atoms with van der Waals surface area (Å²) in [6.07, 6.45) is 0. The monoisotopic (exact) mass is 613 g/mol. The first kappa shape index (κ1) is 29.8. The van der Waals surface area contributed by atoms with Crippen LogP contribution < -0.4 is 14.3 Å². The van der Waals surface area contributed by atoms with Gasteiger partial charge < -0.3 is 5.32 Å². The van der Waals surface area contributed by atoms with E-state index in [1.807, 2.05) is 50.2 Å². The molecule has 0 aliphatic carbocycles. The normalized spacial score (nSPS) is 11.7. The van der Waals surface area contributed by atoms with Crippen LogP contribution in [0.5, 0.6) is 0 Å². The topological polar surface area (TPSA) is 113 Å². The van der Waals surface area contributed by atoms with Crippen LogP contribution in [0.2, 0.25) is 0 Å². The number of benzene rings is 5. The van der Waals surface area contributed by atoms with Gasteiger partial charge in [0.05, 0.1) is 21.2 Å². The molecule has 0 heterocycles. The summed E-state index contributed by atoms with van der Waals surface area (Å²) >= 11 is 0. The molecule has 0 atom stereocenters. The van der Waals surface area contributed by atoms with Crippen molar-refractivity contribution in [3.63, 3.8) is 0 Å². The summed E-state index contributed by atoms with van der Waals surface area (Å²) in [4.78, 5) is 13.3. The highest BCUT2D eigenvalue weighted by Crippen LogP contribution is 2.29. The molecule has 43 heavy (non-hydrogen) atoms. The maximum Gasteiger partial charge on any atom is 0.264 e. The van der Waals surface area contributed by atoms with Gasteiger partial charge in [-0.2, -0.15) is 0 Å². The Hall–Kier alpha value is -4.67. The zero-order chi connectivity index (χ0) is 30.8. The van der Waals surface area contributed by atoms with E-state index in [9.17, 15) is 21.6 Å². The standard InChI is InChI=1S/C33H31N3O5S2/c1-23-11-16-29(17-12-23)43(40,41)36(32-20-13-24(2)21-25(32)3)22-33(37)34-27-14-18-28(19-15-27)42(38,39)35-31-10-6-8-26-7-4-5-9-30(26)31/h4-21,35H,22H2,1-3H3,(H,34,37). The Morgan fingerprint density at radius 2 is 1.33 bits per heavy atom. The summed E-state index contributed by atoms with van der Waals surface area (Å²) in [5.41, 5.74) is 3.74. The van der Waals surface area contributed by atoms with Gasteiger partial charge in [0.1, 0.15) is 6.54 Å². The van der Waals surface area contributed by atoms with Crippen molar-refractivity contribution in [2.24, 2.45) is 0 Å². The number of hydrogen-bond acceptors (Lipinski definition) is 5. The Labute approximate surface area is 252 Å². The molecule has 0 unspecified atom stereocenters. The molecule has 220 valence electrons. The second-order valence-corrected chi connectivity index (χ2v) is 13.9. The Bertz CT molecular complexity index is 2020. The van der Waals surface area contributed by atoms with Crippen LogP contribution in [0.4, 0.5) is 17.1 Å². The summed E-state index contributed by atoms with van der Waals surface area (Å²) in [7, 11) is -8.00. The van der Waals surface area contributed by atoms with Crippen molar-refractivity contribution in [2.75, 3.05) is 20.9 Å². The molecule has 0 saturated carbocycles. The lowest BCUT2D eigenvalue weighted by Gasteiger charge is -2.26. The van der Waals surface area contributed by atoms with E-state index < -0.39 is 32.5 Å². The van der Waals surface area contributed by atoms with Crippen molar-refractivity contribution in [1.82, 2.24) is 0 Å². The van der Waals surface area contributed by atoms with Gasteiger partial charge in [-0.1, -0.05) is 71.8 Å². The Balaban J connectivity index is 1.36. The van der Waals surface area contributed by atoms with E-state index in [0.29, 0.717) is 22.6 Å². The molecular weight excluding hydrogens is 583 g/mol. The molecule has 0 aromatic heterocycles. The number of amides is 1. The Morgan fingerprint density at radius 1 is 0.698 bits per heavy atom. The molecule has 0 aliphatic heterocycles. The predicted molar refractivity (Wildman–Crippen MR) is 171 cm³/mol. The molecule has 0 saturated heterocycles. The minimum atomic E-state index is -4.08. The fourth-order valence-electron chi connectivity index (χ4n) is 4.79. The summed E-state index contributed by atoms with van der Waals surface area (Å²) in [6, 6.07) is 30.3. The average Bonchev–Trinajstić information content (AvgIpc) is 2.97. The van der Waals surface area contributed by atoms with Gasteiger partial charge in [-0.3, -0.25) is 13.8 Å². The van der Waals surface area contributed by atoms with Crippen molar-refractivity contribution in [3.8, 4) is 0 Å². The second-order valence-electron chi connectivity index (χ2n) is 10.3. The highest BCUT2D eigenvalue weighted by Gasteiger charge is 2.28. The summed E-state index contributed by atoms with van der Waals surface area (Å²) in [5, 5.41) is 4.37. The molecule has 10 heteroatoms. The lowest BCUT2D eigenvalue weighted by molar-refractivity contribution is -0.114. The van der Waals surface area contributed by atoms with Crippen molar-refractivity contribution >= 4 is 53.8 Å². The molecule has 0 spiro atoms. The Morgan fingerprint density at radius 3 is 2.02 bits per heavy atom. The summed E-state index contributed by atoms with van der Waals surface area (Å²) in [6.45, 7) is 5.08. The van der Waals surface area contributed by atoms with E-state index >= 15 is 0 Å². The molecule has 0 radical (unpaired) electrons. The van der Waals surface area contributed by atoms with Crippen LogP contribution in [0.15, 0.2) is 119 Å². The van der Waals surface area contributed by atoms with Crippen molar-refractivity contribution in [1.29, 1.82) is 0 Å². The molecular formula is C33H31N3O5S2. The van der Waals surface area contributed by atoms with E-state index in [4.69, 9.17) is 0 Å². The van der Waals surface area contributed by atoms with Crippen LogP contribution in [-0.4, -0.2) is 29.3 Å². The molecule has 1 amide bonds. The average molecular weight is 614 g/mol. The summed E-state index contributed by atoms with van der Waals surface area (Å²) < 4.78 is 57.4. The molecule has 8 nitrogen and oxygen atoms in total. The fourth-order valence-corrected chi connectivity index (χ4v) is 7.35. The third-order valence-corrected chi connectivity index (χ3v) is 10.2. The molecule has 0 fully saturated rings. The van der Waals surface area contributed by atoms with Gasteiger partial charge in [0.2, 0.25) is 5.91 Å². The van der Waals surface area contributed by atoms with Crippen LogP contribution in [0.1, 0.15) is 16.7 Å². The predicted octanol–water partition coefficient (Wildman–Crippen LogP) is 6.40. The van der Waals surface area contributed by atoms with Gasteiger partial charge in [0.15, 0.2) is 0 Å². The number of rotatable bonds is 9. The smallest absolute Gasteiger partial charge is 0.264 e. The number of aryl methyl sites for hydroxylation is 3. The van der Waals surface area contributed by atoms with Crippen LogP contribution >= 0.6 is 0 Å². The van der Waals surface area contributed by atoms with Gasteiger partial charge >= 0.3 is 0 Å². The van der Waals surface area contributed by atoms with Crippen LogP contribution in [0.3, 0.4) is 0 Å². The zero-order valence-electron chi connectivity index (χ0n) is 23.9. The zero-order valence-corrected chi connectivity index (χ0v) is 25.5. The fraction of sp³-hybridized carbons (Fsp3) is 0.121. The highest BCUT2D eigenvalue weighted by molar-refractivity contribution is 7.93. The number of hydrogen-bond donors (Lipinski definition) is 2. The summed E-state index contributed by atoms with van der Waals surface area (Å²) in [5.74, 6) is -0.583. The number of carbonyl (C=O) groups excluding carboxylic acids is 1. The van der Waals surface area contributed by atoms with E-state index in [2.05, 4.69) is 10.0 Å². The van der Waals surface area contributed by atoms with Crippen LogP contribution in [0, 0.1) is 20.8 Å². The quantitative estimate of drug-likeness (QED) is 0.200. The van der Waals surface area contributed by atoms with Crippen LogP contribution in [-0.2, 0) is 24.8 Å². The molecule has 5 rings (SSSR count). The van der Waals surface area contributed by atoms with Crippen molar-refractivity contribution in [3.05, 3.63) is 126 Å². The number of nitrogens with zero attached hydrogens (tertiary/aromatic N) is 1. The lowest BCUT2D eigenvalue weighted by atomic mass is 10.1. The highest BCUT2D eigenvalue weighted by atomic mass is 32.2. The molecule has 5 aromatic rings. The minimum Gasteiger partial charge on any atom is -0.325 e. The van der Waals surface area contributed by atoms with E-state index in [0.717, 1.165) is 26.2 Å². The van der Waals surface area contributed by atoms with Crippen molar-refractivity contribution < 1.29 is 21.6 Å². The van der Waals surface area contributed by atoms with Crippen LogP contribution in [0.25, 0.3) is 10.8 Å². The molecule has 0 aliphatic rings. The second kappa shape index (κ2) is 11.9. The van der Waals surface area contributed by atoms with E-state index in [1.54, 1.807) is 43.3 Å². The molecule has 5 aromatic carbocycles. The maximum absolute atomic E-state index is 13.7. The first-order valence-electron chi connectivity index (χ1n) is 13.5. The van der Waals surface area contributed by atoms with Gasteiger partial charge in [0, 0.05) is 11.1 Å². The van der Waals surface area contributed by atoms with Gasteiger partial charge in [-0.15, -0.1) is 0 Å². The number of nitrogens with one attached hydrogen (secondary N) is 2. The first-order chi connectivity index (χ1) is 20.4. The minimum absolute atomic E-state index is 0.0114. The largest absolute Gasteiger partial charge is 0.325 e. The van der Waals surface area contributed by atoms with Gasteiger partial charge in [0.25, 0.3) is 20.0 Å². The first-order valence-corrected chi connectivity index (χ1v) is 16.4. The third-order valence-electron chi connectivity index (χ3n) is 7.00. The lowest BCUT2D eigenvalue weighted by Crippen LogP contribution is -2.38. The maximum atomic E-state index is 13.7. The van der Waals surface area contributed by atoms with E-state index in [-0.39, 0.29) is 9.79 Å². The number of anilines is 3.